The Morgan fingerprint density at radius 3 is 3.15 bits per heavy atom. The maximum Gasteiger partial charge on any atom is 0.254 e. The first-order chi connectivity index (χ1) is 9.70. The zero-order chi connectivity index (χ0) is 14.4. The van der Waals surface area contributed by atoms with Crippen LogP contribution in [0.25, 0.3) is 10.6 Å². The number of amides is 1. The Balaban J connectivity index is 1.90. The van der Waals surface area contributed by atoms with E-state index in [1.165, 1.54) is 11.3 Å². The van der Waals surface area contributed by atoms with Gasteiger partial charge < -0.3 is 4.74 Å². The maximum absolute atomic E-state index is 11.9. The van der Waals surface area contributed by atoms with E-state index in [4.69, 9.17) is 4.74 Å². The average Bonchev–Trinajstić information content (AvgIpc) is 3.08. The molecule has 1 amide bonds. The van der Waals surface area contributed by atoms with E-state index in [9.17, 15) is 4.79 Å². The molecule has 6 heteroatoms. The highest BCUT2D eigenvalue weighted by atomic mass is 32.1. The number of thiazole rings is 1. The predicted octanol–water partition coefficient (Wildman–Crippen LogP) is 3.79. The van der Waals surface area contributed by atoms with Crippen molar-refractivity contribution in [3.05, 3.63) is 35.5 Å². The minimum atomic E-state index is -0.496. The smallest absolute Gasteiger partial charge is 0.254 e. The van der Waals surface area contributed by atoms with Crippen LogP contribution in [-0.2, 0) is 9.53 Å². The maximum atomic E-state index is 11.9. The lowest BCUT2D eigenvalue weighted by Crippen LogP contribution is -2.27. The van der Waals surface area contributed by atoms with Crippen LogP contribution in [0.3, 0.4) is 0 Å². The number of carbonyl (C=O) groups is 1. The Hall–Kier alpha value is -1.50. The van der Waals surface area contributed by atoms with Crippen molar-refractivity contribution in [2.75, 3.05) is 11.9 Å². The van der Waals surface area contributed by atoms with Gasteiger partial charge in [0.25, 0.3) is 5.91 Å². The lowest BCUT2D eigenvalue weighted by atomic mass is 10.3. The van der Waals surface area contributed by atoms with Crippen LogP contribution in [0.4, 0.5) is 5.13 Å². The molecule has 0 aliphatic carbocycles. The SMILES string of the molecule is C=CCCOC(C)C(=O)Nc1nc(-c2cccs2)cs1. The summed E-state index contributed by atoms with van der Waals surface area (Å²) in [4.78, 5) is 17.4. The van der Waals surface area contributed by atoms with Gasteiger partial charge in [0.05, 0.1) is 17.2 Å². The number of hydrogen-bond donors (Lipinski definition) is 1. The minimum Gasteiger partial charge on any atom is -0.368 e. The van der Waals surface area contributed by atoms with Gasteiger partial charge in [0, 0.05) is 5.38 Å². The topological polar surface area (TPSA) is 51.2 Å². The molecular formula is C14H16N2O2S2. The molecule has 0 fully saturated rings. The van der Waals surface area contributed by atoms with Crippen molar-refractivity contribution >= 4 is 33.7 Å². The quantitative estimate of drug-likeness (QED) is 0.625. The first kappa shape index (κ1) is 14.9. The molecule has 0 aliphatic heterocycles. The highest BCUT2D eigenvalue weighted by molar-refractivity contribution is 7.16. The lowest BCUT2D eigenvalue weighted by Gasteiger charge is -2.11. The van der Waals surface area contributed by atoms with Crippen LogP contribution in [0.2, 0.25) is 0 Å². The molecule has 2 aromatic heterocycles. The van der Waals surface area contributed by atoms with Gasteiger partial charge in [0.2, 0.25) is 0 Å². The fraction of sp³-hybridized carbons (Fsp3) is 0.286. The summed E-state index contributed by atoms with van der Waals surface area (Å²) in [6.07, 6.45) is 2.00. The number of aromatic nitrogens is 1. The van der Waals surface area contributed by atoms with E-state index in [1.807, 2.05) is 22.9 Å². The molecular weight excluding hydrogens is 292 g/mol. The van der Waals surface area contributed by atoms with Gasteiger partial charge in [0.15, 0.2) is 5.13 Å². The summed E-state index contributed by atoms with van der Waals surface area (Å²) in [5.74, 6) is -0.179. The molecule has 0 radical (unpaired) electrons. The van der Waals surface area contributed by atoms with Gasteiger partial charge >= 0.3 is 0 Å². The molecule has 2 rings (SSSR count). The number of anilines is 1. The van der Waals surface area contributed by atoms with E-state index < -0.39 is 6.10 Å². The summed E-state index contributed by atoms with van der Waals surface area (Å²) in [6.45, 7) is 5.83. The van der Waals surface area contributed by atoms with E-state index in [0.29, 0.717) is 11.7 Å². The zero-order valence-electron chi connectivity index (χ0n) is 11.2. The molecule has 106 valence electrons. The van der Waals surface area contributed by atoms with Crippen molar-refractivity contribution in [3.63, 3.8) is 0 Å². The van der Waals surface area contributed by atoms with E-state index in [0.717, 1.165) is 17.0 Å². The number of ether oxygens (including phenoxy) is 1. The Kier molecular flexibility index (Phi) is 5.46. The molecule has 0 saturated heterocycles. The van der Waals surface area contributed by atoms with Crippen LogP contribution >= 0.6 is 22.7 Å². The highest BCUT2D eigenvalue weighted by Crippen LogP contribution is 2.28. The molecule has 1 unspecified atom stereocenters. The van der Waals surface area contributed by atoms with E-state index in [2.05, 4.69) is 16.9 Å². The van der Waals surface area contributed by atoms with Crippen molar-refractivity contribution in [1.29, 1.82) is 0 Å². The third-order valence-electron chi connectivity index (χ3n) is 2.57. The van der Waals surface area contributed by atoms with Crippen LogP contribution in [0.1, 0.15) is 13.3 Å². The molecule has 2 heterocycles. The van der Waals surface area contributed by atoms with Crippen LogP contribution in [-0.4, -0.2) is 23.6 Å². The zero-order valence-corrected chi connectivity index (χ0v) is 12.8. The van der Waals surface area contributed by atoms with Gasteiger partial charge in [-0.1, -0.05) is 12.1 Å². The molecule has 0 saturated carbocycles. The van der Waals surface area contributed by atoms with Crippen LogP contribution in [0.5, 0.6) is 0 Å². The van der Waals surface area contributed by atoms with Gasteiger partial charge in [-0.05, 0) is 24.8 Å². The van der Waals surface area contributed by atoms with Crippen molar-refractivity contribution in [1.82, 2.24) is 4.98 Å². The largest absolute Gasteiger partial charge is 0.368 e. The first-order valence-corrected chi connectivity index (χ1v) is 7.99. The Morgan fingerprint density at radius 1 is 1.60 bits per heavy atom. The summed E-state index contributed by atoms with van der Waals surface area (Å²) in [5.41, 5.74) is 0.889. The average molecular weight is 308 g/mol. The summed E-state index contributed by atoms with van der Waals surface area (Å²) in [5, 5.41) is 7.31. The monoisotopic (exact) mass is 308 g/mol. The first-order valence-electron chi connectivity index (χ1n) is 6.23. The van der Waals surface area contributed by atoms with Gasteiger partial charge in [-0.2, -0.15) is 0 Å². The number of nitrogens with zero attached hydrogens (tertiary/aromatic N) is 1. The fourth-order valence-electron chi connectivity index (χ4n) is 1.48. The second-order valence-electron chi connectivity index (χ2n) is 4.09. The van der Waals surface area contributed by atoms with Gasteiger partial charge in [0.1, 0.15) is 6.10 Å². The number of nitrogens with one attached hydrogen (secondary N) is 1. The molecule has 1 N–H and O–H groups in total. The minimum absolute atomic E-state index is 0.179. The summed E-state index contributed by atoms with van der Waals surface area (Å²) < 4.78 is 5.39. The number of rotatable bonds is 7. The molecule has 1 atom stereocenters. The highest BCUT2D eigenvalue weighted by Gasteiger charge is 2.15. The summed E-state index contributed by atoms with van der Waals surface area (Å²) in [6, 6.07) is 3.99. The molecule has 0 aliphatic rings. The molecule has 20 heavy (non-hydrogen) atoms. The van der Waals surface area contributed by atoms with Gasteiger partial charge in [-0.25, -0.2) is 4.98 Å². The van der Waals surface area contributed by atoms with Crippen LogP contribution in [0, 0.1) is 0 Å². The van der Waals surface area contributed by atoms with Crippen molar-refractivity contribution < 1.29 is 9.53 Å². The van der Waals surface area contributed by atoms with Crippen molar-refractivity contribution in [3.8, 4) is 10.6 Å². The normalized spacial score (nSPS) is 12.1. The van der Waals surface area contributed by atoms with E-state index >= 15 is 0 Å². The molecule has 2 aromatic rings. The van der Waals surface area contributed by atoms with Gasteiger partial charge in [-0.3, -0.25) is 10.1 Å². The Labute approximate surface area is 126 Å². The standard InChI is InChI=1S/C14H16N2O2S2/c1-3-4-7-18-10(2)13(17)16-14-15-11(9-20-14)12-6-5-8-19-12/h3,5-6,8-10H,1,4,7H2,2H3,(H,15,16,17). The number of carbonyl (C=O) groups excluding carboxylic acids is 1. The lowest BCUT2D eigenvalue weighted by molar-refractivity contribution is -0.126. The fourth-order valence-corrected chi connectivity index (χ4v) is 2.95. The van der Waals surface area contributed by atoms with Crippen LogP contribution < -0.4 is 5.32 Å². The summed E-state index contributed by atoms with van der Waals surface area (Å²) in [7, 11) is 0. The van der Waals surface area contributed by atoms with E-state index in [1.54, 1.807) is 24.3 Å². The van der Waals surface area contributed by atoms with Crippen molar-refractivity contribution in [2.45, 2.75) is 19.4 Å². The third kappa shape index (κ3) is 4.00. The Morgan fingerprint density at radius 2 is 2.45 bits per heavy atom. The molecule has 0 bridgehead atoms. The van der Waals surface area contributed by atoms with Crippen molar-refractivity contribution in [2.24, 2.45) is 0 Å². The molecule has 0 aromatic carbocycles. The number of hydrogen-bond acceptors (Lipinski definition) is 5. The molecule has 0 spiro atoms. The third-order valence-corrected chi connectivity index (χ3v) is 4.22. The summed E-state index contributed by atoms with van der Waals surface area (Å²) >= 11 is 3.04. The van der Waals surface area contributed by atoms with Gasteiger partial charge in [-0.15, -0.1) is 29.3 Å². The second kappa shape index (κ2) is 7.33. The predicted molar refractivity (Wildman–Crippen MR) is 84.3 cm³/mol. The Bertz CT molecular complexity index is 564. The van der Waals surface area contributed by atoms with E-state index in [-0.39, 0.29) is 5.91 Å². The number of thiophene rings is 1. The molecule has 4 nitrogen and oxygen atoms in total. The van der Waals surface area contributed by atoms with Crippen LogP contribution in [0.15, 0.2) is 35.5 Å². The second-order valence-corrected chi connectivity index (χ2v) is 5.90.